The van der Waals surface area contributed by atoms with E-state index in [2.05, 4.69) is 15.4 Å². The maximum atomic E-state index is 12.5. The van der Waals surface area contributed by atoms with Crippen molar-refractivity contribution in [2.75, 3.05) is 5.32 Å². The first-order valence-corrected chi connectivity index (χ1v) is 7.13. The van der Waals surface area contributed by atoms with E-state index >= 15 is 0 Å². The van der Waals surface area contributed by atoms with E-state index in [1.54, 1.807) is 18.2 Å². The fourth-order valence-corrected chi connectivity index (χ4v) is 2.33. The van der Waals surface area contributed by atoms with Gasteiger partial charge in [0.25, 0.3) is 11.6 Å². The zero-order valence-electron chi connectivity index (χ0n) is 12.1. The molecule has 1 aromatic heterocycles. The van der Waals surface area contributed by atoms with Crippen molar-refractivity contribution in [1.29, 1.82) is 0 Å². The third-order valence-electron chi connectivity index (χ3n) is 3.22. The van der Waals surface area contributed by atoms with Crippen LogP contribution in [0.5, 0.6) is 0 Å². The predicted molar refractivity (Wildman–Crippen MR) is 87.4 cm³/mol. The van der Waals surface area contributed by atoms with Crippen LogP contribution >= 0.6 is 11.6 Å². The van der Waals surface area contributed by atoms with Gasteiger partial charge >= 0.3 is 0 Å². The first kappa shape index (κ1) is 15.6. The molecule has 0 spiro atoms. The maximum absolute atomic E-state index is 12.5. The number of carbonyl (C=O) groups excluding carboxylic acids is 1. The Morgan fingerprint density at radius 1 is 1.25 bits per heavy atom. The van der Waals surface area contributed by atoms with Gasteiger partial charge in [-0.2, -0.15) is 5.10 Å². The number of rotatable bonds is 4. The molecule has 0 saturated carbocycles. The Morgan fingerprint density at radius 2 is 2.04 bits per heavy atom. The minimum Gasteiger partial charge on any atom is -0.320 e. The lowest BCUT2D eigenvalue weighted by atomic mass is 10.1. The van der Waals surface area contributed by atoms with Crippen LogP contribution in [0.25, 0.3) is 5.69 Å². The molecular weight excluding hydrogens is 334 g/mol. The molecule has 9 heteroatoms. The highest BCUT2D eigenvalue weighted by atomic mass is 35.5. The molecule has 1 N–H and O–H groups in total. The van der Waals surface area contributed by atoms with E-state index in [1.165, 1.54) is 41.6 Å². The number of nitrogens with zero attached hydrogens (tertiary/aromatic N) is 4. The minimum absolute atomic E-state index is 0.0491. The molecule has 8 nitrogen and oxygen atoms in total. The maximum Gasteiger partial charge on any atom is 0.282 e. The van der Waals surface area contributed by atoms with Crippen LogP contribution in [-0.4, -0.2) is 25.6 Å². The number of anilines is 1. The first-order valence-electron chi connectivity index (χ1n) is 6.75. The normalized spacial score (nSPS) is 10.4. The number of aromatic nitrogens is 3. The first-order chi connectivity index (χ1) is 11.6. The summed E-state index contributed by atoms with van der Waals surface area (Å²) < 4.78 is 1.45. The SMILES string of the molecule is O=C(Nc1cc(Cl)ccc1-n1cncn1)c1ccccc1[N+](=O)[O-]. The summed E-state index contributed by atoms with van der Waals surface area (Å²) in [5.41, 5.74) is 0.561. The van der Waals surface area contributed by atoms with Gasteiger partial charge in [0.1, 0.15) is 18.2 Å². The van der Waals surface area contributed by atoms with Gasteiger partial charge in [-0.05, 0) is 24.3 Å². The highest BCUT2D eigenvalue weighted by molar-refractivity contribution is 6.31. The number of benzene rings is 2. The second kappa shape index (κ2) is 6.47. The number of hydrogen-bond donors (Lipinski definition) is 1. The van der Waals surface area contributed by atoms with Gasteiger partial charge in [0.2, 0.25) is 0 Å². The van der Waals surface area contributed by atoms with Crippen molar-refractivity contribution >= 4 is 28.9 Å². The predicted octanol–water partition coefficient (Wildman–Crippen LogP) is 3.08. The van der Waals surface area contributed by atoms with Crippen LogP contribution in [-0.2, 0) is 0 Å². The molecule has 0 aliphatic rings. The van der Waals surface area contributed by atoms with Crippen LogP contribution in [0.2, 0.25) is 5.02 Å². The number of nitrogens with one attached hydrogen (secondary N) is 1. The molecular formula is C15H10ClN5O3. The summed E-state index contributed by atoms with van der Waals surface area (Å²) >= 11 is 5.98. The zero-order valence-corrected chi connectivity index (χ0v) is 12.8. The van der Waals surface area contributed by atoms with Crippen molar-refractivity contribution in [2.45, 2.75) is 0 Å². The van der Waals surface area contributed by atoms with Crippen molar-refractivity contribution in [3.63, 3.8) is 0 Å². The molecule has 0 atom stereocenters. The average molecular weight is 344 g/mol. The summed E-state index contributed by atoms with van der Waals surface area (Å²) in [6, 6.07) is 10.5. The molecule has 0 radical (unpaired) electrons. The number of nitro groups is 1. The summed E-state index contributed by atoms with van der Waals surface area (Å²) in [6.07, 6.45) is 2.81. The molecule has 0 bridgehead atoms. The van der Waals surface area contributed by atoms with E-state index < -0.39 is 10.8 Å². The number of halogens is 1. The number of para-hydroxylation sites is 1. The van der Waals surface area contributed by atoms with E-state index in [0.29, 0.717) is 16.4 Å². The Morgan fingerprint density at radius 3 is 2.75 bits per heavy atom. The summed E-state index contributed by atoms with van der Waals surface area (Å²) in [7, 11) is 0. The van der Waals surface area contributed by atoms with E-state index in [1.807, 2.05) is 0 Å². The third kappa shape index (κ3) is 3.08. The molecule has 120 valence electrons. The number of amides is 1. The highest BCUT2D eigenvalue weighted by Gasteiger charge is 2.20. The largest absolute Gasteiger partial charge is 0.320 e. The van der Waals surface area contributed by atoms with E-state index in [4.69, 9.17) is 11.6 Å². The zero-order chi connectivity index (χ0) is 17.1. The van der Waals surface area contributed by atoms with Gasteiger partial charge in [-0.25, -0.2) is 9.67 Å². The molecule has 0 fully saturated rings. The van der Waals surface area contributed by atoms with Crippen LogP contribution in [0.4, 0.5) is 11.4 Å². The molecule has 0 aliphatic heterocycles. The van der Waals surface area contributed by atoms with Gasteiger partial charge in [0.05, 0.1) is 16.3 Å². The van der Waals surface area contributed by atoms with Gasteiger partial charge in [0, 0.05) is 11.1 Å². The van der Waals surface area contributed by atoms with E-state index in [9.17, 15) is 14.9 Å². The lowest BCUT2D eigenvalue weighted by molar-refractivity contribution is -0.385. The average Bonchev–Trinajstić information content (AvgIpc) is 3.09. The molecule has 0 aliphatic carbocycles. The summed E-state index contributed by atoms with van der Waals surface area (Å²) in [4.78, 5) is 26.8. The van der Waals surface area contributed by atoms with Crippen molar-refractivity contribution in [3.05, 3.63) is 75.8 Å². The third-order valence-corrected chi connectivity index (χ3v) is 3.45. The summed E-state index contributed by atoms with van der Waals surface area (Å²) in [5, 5.41) is 18.1. The Labute approximate surface area is 140 Å². The molecule has 0 saturated heterocycles. The fourth-order valence-electron chi connectivity index (χ4n) is 2.16. The van der Waals surface area contributed by atoms with Crippen molar-refractivity contribution < 1.29 is 9.72 Å². The molecule has 24 heavy (non-hydrogen) atoms. The standard InChI is InChI=1S/C15H10ClN5O3/c16-10-5-6-14(20-9-17-8-18-20)12(7-10)19-15(22)11-3-1-2-4-13(11)21(23)24/h1-9H,(H,19,22). The second-order valence-corrected chi connectivity index (χ2v) is 5.17. The molecule has 0 unspecified atom stereocenters. The molecule has 2 aromatic carbocycles. The van der Waals surface area contributed by atoms with Gasteiger partial charge in [-0.15, -0.1) is 0 Å². The number of hydrogen-bond acceptors (Lipinski definition) is 5. The van der Waals surface area contributed by atoms with E-state index in [0.717, 1.165) is 0 Å². The Bertz CT molecular complexity index is 911. The quantitative estimate of drug-likeness (QED) is 0.579. The highest BCUT2D eigenvalue weighted by Crippen LogP contribution is 2.26. The molecule has 1 amide bonds. The van der Waals surface area contributed by atoms with Gasteiger partial charge in [-0.3, -0.25) is 14.9 Å². The smallest absolute Gasteiger partial charge is 0.282 e. The van der Waals surface area contributed by atoms with Gasteiger partial charge in [0.15, 0.2) is 0 Å². The lowest BCUT2D eigenvalue weighted by Crippen LogP contribution is -2.15. The van der Waals surface area contributed by atoms with Crippen molar-refractivity contribution in [3.8, 4) is 5.69 Å². The number of carbonyl (C=O) groups is 1. The Kier molecular flexibility index (Phi) is 4.21. The van der Waals surface area contributed by atoms with Gasteiger partial charge in [-0.1, -0.05) is 23.7 Å². The molecule has 1 heterocycles. The minimum atomic E-state index is -0.620. The monoisotopic (exact) mass is 343 g/mol. The number of nitro benzene ring substituents is 1. The summed E-state index contributed by atoms with van der Waals surface area (Å²) in [5.74, 6) is -0.620. The van der Waals surface area contributed by atoms with Crippen LogP contribution in [0, 0.1) is 10.1 Å². The second-order valence-electron chi connectivity index (χ2n) is 4.73. The van der Waals surface area contributed by atoms with Crippen molar-refractivity contribution in [2.24, 2.45) is 0 Å². The topological polar surface area (TPSA) is 103 Å². The lowest BCUT2D eigenvalue weighted by Gasteiger charge is -2.11. The van der Waals surface area contributed by atoms with E-state index in [-0.39, 0.29) is 11.3 Å². The summed E-state index contributed by atoms with van der Waals surface area (Å²) in [6.45, 7) is 0. The van der Waals surface area contributed by atoms with Crippen LogP contribution in [0.15, 0.2) is 55.1 Å². The van der Waals surface area contributed by atoms with Crippen LogP contribution in [0.3, 0.4) is 0 Å². The fraction of sp³-hybridized carbons (Fsp3) is 0. The van der Waals surface area contributed by atoms with Crippen LogP contribution in [0.1, 0.15) is 10.4 Å². The molecule has 3 rings (SSSR count). The van der Waals surface area contributed by atoms with Crippen LogP contribution < -0.4 is 5.32 Å². The Hall–Kier alpha value is -3.26. The van der Waals surface area contributed by atoms with Crippen molar-refractivity contribution in [1.82, 2.24) is 14.8 Å². The van der Waals surface area contributed by atoms with Gasteiger partial charge < -0.3 is 5.32 Å². The Balaban J connectivity index is 1.99. The molecule has 3 aromatic rings.